The second-order valence-electron chi connectivity index (χ2n) is 9.27. The van der Waals surface area contributed by atoms with Crippen molar-refractivity contribution < 1.29 is 25.2 Å². The van der Waals surface area contributed by atoms with Gasteiger partial charge in [-0.3, -0.25) is 4.79 Å². The van der Waals surface area contributed by atoms with Gasteiger partial charge in [0.15, 0.2) is 5.78 Å². The molecule has 0 aliphatic heterocycles. The molecule has 5 heteroatoms. The Morgan fingerprint density at radius 2 is 1.88 bits per heavy atom. The van der Waals surface area contributed by atoms with E-state index in [-0.39, 0.29) is 28.6 Å². The van der Waals surface area contributed by atoms with Gasteiger partial charge in [-0.2, -0.15) is 0 Å². The number of rotatable bonds is 1. The number of ketones is 1. The summed E-state index contributed by atoms with van der Waals surface area (Å²) < 4.78 is 0. The van der Waals surface area contributed by atoms with Crippen LogP contribution in [0.3, 0.4) is 0 Å². The van der Waals surface area contributed by atoms with Crippen LogP contribution in [-0.4, -0.2) is 50.6 Å². The first-order valence-electron chi connectivity index (χ1n) is 9.18. The Labute approximate surface area is 148 Å². The Morgan fingerprint density at radius 1 is 1.24 bits per heavy atom. The predicted octanol–water partition coefficient (Wildman–Crippen LogP) is 0.815. The third-order valence-electron chi connectivity index (χ3n) is 7.93. The average molecular weight is 348 g/mol. The molecule has 0 aromatic heterocycles. The fraction of sp³-hybridized carbons (Fsp3) is 0.750. The van der Waals surface area contributed by atoms with Crippen molar-refractivity contribution in [3.63, 3.8) is 0 Å². The van der Waals surface area contributed by atoms with E-state index in [4.69, 9.17) is 0 Å². The van der Waals surface area contributed by atoms with Crippen LogP contribution in [0.5, 0.6) is 0 Å². The van der Waals surface area contributed by atoms with E-state index in [2.05, 4.69) is 13.8 Å². The highest BCUT2D eigenvalue weighted by atomic mass is 16.4. The van der Waals surface area contributed by atoms with Crippen molar-refractivity contribution in [2.45, 2.75) is 51.9 Å². The zero-order chi connectivity index (χ0) is 18.5. The molecule has 2 fully saturated rings. The minimum Gasteiger partial charge on any atom is -0.392 e. The largest absolute Gasteiger partial charge is 0.392 e. The Kier molecular flexibility index (Phi) is 3.36. The third kappa shape index (κ3) is 1.71. The Morgan fingerprint density at radius 3 is 2.48 bits per heavy atom. The zero-order valence-corrected chi connectivity index (χ0v) is 15.2. The van der Waals surface area contributed by atoms with Crippen molar-refractivity contribution in [2.75, 3.05) is 6.61 Å². The number of aliphatic hydroxyl groups is 4. The molecule has 4 unspecified atom stereocenters. The molecule has 0 heterocycles. The van der Waals surface area contributed by atoms with E-state index < -0.39 is 35.7 Å². The monoisotopic (exact) mass is 348 g/mol. The summed E-state index contributed by atoms with van der Waals surface area (Å²) >= 11 is 0. The van der Waals surface area contributed by atoms with E-state index in [0.717, 1.165) is 6.42 Å². The van der Waals surface area contributed by atoms with Crippen LogP contribution < -0.4 is 0 Å². The summed E-state index contributed by atoms with van der Waals surface area (Å²) in [6.45, 7) is 7.50. The number of allylic oxidation sites excluding steroid dienone is 1. The quantitative estimate of drug-likeness (QED) is 0.526. The normalized spacial score (nSPS) is 53.2. The van der Waals surface area contributed by atoms with Crippen LogP contribution in [0.1, 0.15) is 34.1 Å². The van der Waals surface area contributed by atoms with Crippen LogP contribution in [0, 0.1) is 34.5 Å². The van der Waals surface area contributed by atoms with Gasteiger partial charge in [0.05, 0.1) is 12.0 Å². The number of hydrogen-bond acceptors (Lipinski definition) is 5. The van der Waals surface area contributed by atoms with Crippen LogP contribution >= 0.6 is 0 Å². The molecule has 5 nitrogen and oxygen atoms in total. The van der Waals surface area contributed by atoms with Crippen molar-refractivity contribution in [3.8, 4) is 0 Å². The topological polar surface area (TPSA) is 98.0 Å². The molecule has 138 valence electrons. The van der Waals surface area contributed by atoms with E-state index in [1.165, 1.54) is 0 Å². The molecular weight excluding hydrogens is 320 g/mol. The molecule has 0 saturated heterocycles. The van der Waals surface area contributed by atoms with Crippen molar-refractivity contribution in [2.24, 2.45) is 34.5 Å². The van der Waals surface area contributed by atoms with Crippen LogP contribution in [0.15, 0.2) is 23.3 Å². The molecule has 0 aromatic rings. The first kappa shape index (κ1) is 17.4. The van der Waals surface area contributed by atoms with Gasteiger partial charge in [-0.05, 0) is 47.7 Å². The maximum Gasteiger partial charge on any atom is 0.153 e. The first-order valence-corrected chi connectivity index (χ1v) is 9.18. The summed E-state index contributed by atoms with van der Waals surface area (Å²) in [5.74, 6) is -0.288. The molecule has 4 N–H and O–H groups in total. The summed E-state index contributed by atoms with van der Waals surface area (Å²) in [6.07, 6.45) is 1.34. The van der Waals surface area contributed by atoms with Crippen LogP contribution in [-0.2, 0) is 4.79 Å². The molecule has 2 saturated carbocycles. The van der Waals surface area contributed by atoms with Gasteiger partial charge in [-0.1, -0.05) is 32.9 Å². The van der Waals surface area contributed by atoms with Crippen molar-refractivity contribution in [1.82, 2.24) is 0 Å². The van der Waals surface area contributed by atoms with Gasteiger partial charge in [0.25, 0.3) is 0 Å². The standard InChI is InChI=1S/C20H28O5/c1-9-7-19-10(2)5-13-14(18(13,3)4)12(17(19)24)6-11(8-21)16(23)20(19,25)15(9)22/h6-7,10,12-16,21-23,25H,5,8H2,1-4H3/t10-,12?,13?,14+,15?,16-,19?,20-/m1/s1. The molecule has 0 aromatic carbocycles. The Hall–Kier alpha value is -1.01. The molecule has 8 atom stereocenters. The highest BCUT2D eigenvalue weighted by Crippen LogP contribution is 2.71. The smallest absolute Gasteiger partial charge is 0.153 e. The summed E-state index contributed by atoms with van der Waals surface area (Å²) in [5.41, 5.74) is -2.58. The lowest BCUT2D eigenvalue weighted by Gasteiger charge is -2.48. The fourth-order valence-electron chi connectivity index (χ4n) is 6.43. The number of hydrogen-bond donors (Lipinski definition) is 4. The van der Waals surface area contributed by atoms with E-state index in [1.807, 2.05) is 6.92 Å². The summed E-state index contributed by atoms with van der Waals surface area (Å²) in [7, 11) is 0. The van der Waals surface area contributed by atoms with E-state index >= 15 is 0 Å². The van der Waals surface area contributed by atoms with Crippen molar-refractivity contribution >= 4 is 5.78 Å². The van der Waals surface area contributed by atoms with Crippen molar-refractivity contribution in [1.29, 1.82) is 0 Å². The Bertz CT molecular complexity index is 707. The minimum atomic E-state index is -2.03. The average Bonchev–Trinajstić information content (AvgIpc) is 3.05. The molecule has 4 aliphatic rings. The van der Waals surface area contributed by atoms with E-state index in [0.29, 0.717) is 11.5 Å². The van der Waals surface area contributed by atoms with Gasteiger partial charge < -0.3 is 20.4 Å². The van der Waals surface area contributed by atoms with Gasteiger partial charge in [0.2, 0.25) is 0 Å². The SMILES string of the molecule is CC1=CC23C(=O)C(C=C(CO)[C@@H](O)[C@]2(O)C1O)[C@H]1C(C[C@H]3C)C1(C)C. The third-order valence-corrected chi connectivity index (χ3v) is 7.93. The number of aliphatic hydroxyl groups excluding tert-OH is 3. The van der Waals surface area contributed by atoms with E-state index in [1.54, 1.807) is 19.1 Å². The van der Waals surface area contributed by atoms with E-state index in [9.17, 15) is 25.2 Å². The predicted molar refractivity (Wildman–Crippen MR) is 91.4 cm³/mol. The second-order valence-corrected chi connectivity index (χ2v) is 9.27. The fourth-order valence-corrected chi connectivity index (χ4v) is 6.43. The molecular formula is C20H28O5. The molecule has 1 spiro atoms. The zero-order valence-electron chi connectivity index (χ0n) is 15.2. The molecule has 4 aliphatic carbocycles. The van der Waals surface area contributed by atoms with Crippen LogP contribution in [0.4, 0.5) is 0 Å². The highest BCUT2D eigenvalue weighted by molar-refractivity contribution is 5.95. The van der Waals surface area contributed by atoms with Crippen LogP contribution in [0.2, 0.25) is 0 Å². The number of Topliss-reactive ketones (excluding diaryl/α,β-unsaturated/α-hetero) is 1. The summed E-state index contributed by atoms with van der Waals surface area (Å²) in [6, 6.07) is 0. The molecule has 2 bridgehead atoms. The lowest BCUT2D eigenvalue weighted by molar-refractivity contribution is -0.190. The second kappa shape index (κ2) is 4.83. The highest BCUT2D eigenvalue weighted by Gasteiger charge is 2.75. The molecule has 0 amide bonds. The summed E-state index contributed by atoms with van der Waals surface area (Å²) in [5, 5.41) is 43.0. The Balaban J connectivity index is 1.99. The minimum absolute atomic E-state index is 0.0245. The first-order chi connectivity index (χ1) is 11.5. The van der Waals surface area contributed by atoms with Gasteiger partial charge >= 0.3 is 0 Å². The van der Waals surface area contributed by atoms with Gasteiger partial charge in [0.1, 0.15) is 17.8 Å². The van der Waals surface area contributed by atoms with Gasteiger partial charge in [0, 0.05) is 5.92 Å². The number of fused-ring (bicyclic) bond motifs is 3. The molecule has 25 heavy (non-hydrogen) atoms. The number of carbonyl (C=O) groups is 1. The molecule has 4 rings (SSSR count). The summed E-state index contributed by atoms with van der Waals surface area (Å²) in [4.78, 5) is 13.7. The lowest BCUT2D eigenvalue weighted by atomic mass is 9.59. The van der Waals surface area contributed by atoms with Gasteiger partial charge in [-0.15, -0.1) is 0 Å². The lowest BCUT2D eigenvalue weighted by Crippen LogP contribution is -2.65. The van der Waals surface area contributed by atoms with Gasteiger partial charge in [-0.25, -0.2) is 0 Å². The molecule has 0 radical (unpaired) electrons. The maximum absolute atomic E-state index is 13.7. The van der Waals surface area contributed by atoms with Crippen molar-refractivity contribution in [3.05, 3.63) is 23.3 Å². The number of carbonyl (C=O) groups excluding carboxylic acids is 1. The maximum atomic E-state index is 13.7. The van der Waals surface area contributed by atoms with Crippen LogP contribution in [0.25, 0.3) is 0 Å².